The molecule has 132 valence electrons. The second-order valence-electron chi connectivity index (χ2n) is 5.27. The summed E-state index contributed by atoms with van der Waals surface area (Å²) in [6.07, 6.45) is 0.969. The van der Waals surface area contributed by atoms with Gasteiger partial charge in [0.2, 0.25) is 0 Å². The van der Waals surface area contributed by atoms with Gasteiger partial charge in [-0.3, -0.25) is 4.99 Å². The van der Waals surface area contributed by atoms with Crippen molar-refractivity contribution in [2.24, 2.45) is 4.99 Å². The Labute approximate surface area is 162 Å². The van der Waals surface area contributed by atoms with Crippen LogP contribution in [0.25, 0.3) is 10.8 Å². The number of nitrogens with zero attached hydrogens (tertiary/aromatic N) is 1. The summed E-state index contributed by atoms with van der Waals surface area (Å²) in [6.45, 7) is 7.86. The van der Waals surface area contributed by atoms with Gasteiger partial charge in [-0.25, -0.2) is 0 Å². The van der Waals surface area contributed by atoms with E-state index >= 15 is 0 Å². The van der Waals surface area contributed by atoms with Crippen LogP contribution in [0.4, 0.5) is 0 Å². The van der Waals surface area contributed by atoms with Crippen molar-refractivity contribution in [2.45, 2.75) is 20.3 Å². The molecule has 5 heteroatoms. The molecule has 0 bridgehead atoms. The number of hydrogen-bond donors (Lipinski definition) is 2. The van der Waals surface area contributed by atoms with Crippen molar-refractivity contribution in [2.75, 3.05) is 32.8 Å². The molecule has 0 aliphatic rings. The van der Waals surface area contributed by atoms with Gasteiger partial charge < -0.3 is 15.4 Å². The summed E-state index contributed by atoms with van der Waals surface area (Å²) in [6, 6.07) is 15.0. The minimum absolute atomic E-state index is 0. The maximum absolute atomic E-state index is 5.32. The molecule has 0 aromatic heterocycles. The van der Waals surface area contributed by atoms with Crippen molar-refractivity contribution in [3.8, 4) is 0 Å². The molecule has 0 amide bonds. The average Bonchev–Trinajstić information content (AvgIpc) is 2.59. The van der Waals surface area contributed by atoms with Crippen molar-refractivity contribution < 1.29 is 4.74 Å². The Morgan fingerprint density at radius 1 is 1.04 bits per heavy atom. The SMILES string of the molecule is CCNC(=NCCOCC)NCCc1cccc2ccccc12.I. The quantitative estimate of drug-likeness (QED) is 0.285. The Morgan fingerprint density at radius 2 is 1.83 bits per heavy atom. The van der Waals surface area contributed by atoms with E-state index in [1.54, 1.807) is 0 Å². The monoisotopic (exact) mass is 441 g/mol. The van der Waals surface area contributed by atoms with Gasteiger partial charge in [0.15, 0.2) is 5.96 Å². The Bertz CT molecular complexity index is 626. The molecule has 0 heterocycles. The summed E-state index contributed by atoms with van der Waals surface area (Å²) in [5.41, 5.74) is 1.36. The van der Waals surface area contributed by atoms with Crippen LogP contribution in [0.2, 0.25) is 0 Å². The first-order valence-corrected chi connectivity index (χ1v) is 8.41. The predicted molar refractivity (Wildman–Crippen MR) is 114 cm³/mol. The van der Waals surface area contributed by atoms with E-state index in [9.17, 15) is 0 Å². The maximum atomic E-state index is 5.32. The number of aliphatic imine (C=N–C) groups is 1. The Balaban J connectivity index is 0.00000288. The molecule has 0 spiro atoms. The predicted octanol–water partition coefficient (Wildman–Crippen LogP) is 3.59. The highest BCUT2D eigenvalue weighted by atomic mass is 127. The highest BCUT2D eigenvalue weighted by Crippen LogP contribution is 2.18. The Hall–Kier alpha value is -1.34. The van der Waals surface area contributed by atoms with E-state index in [1.165, 1.54) is 16.3 Å². The molecule has 0 atom stereocenters. The second kappa shape index (κ2) is 12.1. The number of fused-ring (bicyclic) bond motifs is 1. The van der Waals surface area contributed by atoms with Crippen LogP contribution in [-0.4, -0.2) is 38.8 Å². The summed E-state index contributed by atoms with van der Waals surface area (Å²) in [5, 5.41) is 9.28. The fourth-order valence-corrected chi connectivity index (χ4v) is 2.53. The summed E-state index contributed by atoms with van der Waals surface area (Å²) in [5.74, 6) is 0.854. The van der Waals surface area contributed by atoms with Crippen LogP contribution in [0, 0.1) is 0 Å². The molecule has 0 saturated heterocycles. The highest BCUT2D eigenvalue weighted by molar-refractivity contribution is 14.0. The first kappa shape index (κ1) is 20.7. The lowest BCUT2D eigenvalue weighted by molar-refractivity contribution is 0.155. The highest BCUT2D eigenvalue weighted by Gasteiger charge is 2.01. The number of benzene rings is 2. The molecule has 0 saturated carbocycles. The second-order valence-corrected chi connectivity index (χ2v) is 5.27. The molecule has 2 rings (SSSR count). The maximum Gasteiger partial charge on any atom is 0.191 e. The van der Waals surface area contributed by atoms with Crippen LogP contribution in [0.15, 0.2) is 47.5 Å². The van der Waals surface area contributed by atoms with Crippen molar-refractivity contribution in [1.29, 1.82) is 0 Å². The van der Waals surface area contributed by atoms with E-state index in [0.29, 0.717) is 13.2 Å². The minimum Gasteiger partial charge on any atom is -0.380 e. The Morgan fingerprint density at radius 3 is 2.62 bits per heavy atom. The molecular formula is C19H28IN3O. The lowest BCUT2D eigenvalue weighted by atomic mass is 10.0. The van der Waals surface area contributed by atoms with E-state index in [2.05, 4.69) is 65.0 Å². The molecular weight excluding hydrogens is 413 g/mol. The molecule has 24 heavy (non-hydrogen) atoms. The summed E-state index contributed by atoms with van der Waals surface area (Å²) >= 11 is 0. The number of nitrogens with one attached hydrogen (secondary N) is 2. The van der Waals surface area contributed by atoms with Gasteiger partial charge in [0.1, 0.15) is 0 Å². The first-order chi connectivity index (χ1) is 11.3. The van der Waals surface area contributed by atoms with E-state index in [0.717, 1.165) is 32.1 Å². The number of hydrogen-bond acceptors (Lipinski definition) is 2. The van der Waals surface area contributed by atoms with Crippen LogP contribution in [0.1, 0.15) is 19.4 Å². The van der Waals surface area contributed by atoms with Gasteiger partial charge in [0, 0.05) is 19.7 Å². The van der Waals surface area contributed by atoms with Crippen LogP contribution in [-0.2, 0) is 11.2 Å². The van der Waals surface area contributed by atoms with Crippen molar-refractivity contribution in [3.05, 3.63) is 48.0 Å². The molecule has 0 radical (unpaired) electrons. The average molecular weight is 441 g/mol. The summed E-state index contributed by atoms with van der Waals surface area (Å²) in [4.78, 5) is 4.51. The van der Waals surface area contributed by atoms with Crippen molar-refractivity contribution >= 4 is 40.7 Å². The lowest BCUT2D eigenvalue weighted by Crippen LogP contribution is -2.38. The fourth-order valence-electron chi connectivity index (χ4n) is 2.53. The normalized spacial score (nSPS) is 11.2. The summed E-state index contributed by atoms with van der Waals surface area (Å²) < 4.78 is 5.32. The molecule has 0 aliphatic heterocycles. The molecule has 2 aromatic rings. The number of rotatable bonds is 8. The van der Waals surface area contributed by atoms with Crippen molar-refractivity contribution in [1.82, 2.24) is 10.6 Å². The third kappa shape index (κ3) is 6.65. The molecule has 4 nitrogen and oxygen atoms in total. The zero-order valence-electron chi connectivity index (χ0n) is 14.5. The van der Waals surface area contributed by atoms with E-state index in [1.807, 2.05) is 6.92 Å². The van der Waals surface area contributed by atoms with Crippen molar-refractivity contribution in [3.63, 3.8) is 0 Å². The standard InChI is InChI=1S/C19H27N3O.HI/c1-3-20-19(22-14-15-23-4-2)21-13-12-17-10-7-9-16-8-5-6-11-18(16)17;/h5-11H,3-4,12-15H2,1-2H3,(H2,20,21,22);1H. The van der Waals surface area contributed by atoms with Gasteiger partial charge in [0.05, 0.1) is 13.2 Å². The zero-order chi connectivity index (χ0) is 16.3. The number of ether oxygens (including phenoxy) is 1. The first-order valence-electron chi connectivity index (χ1n) is 8.41. The van der Waals surface area contributed by atoms with Gasteiger partial charge >= 0.3 is 0 Å². The van der Waals surface area contributed by atoms with Crippen LogP contribution < -0.4 is 10.6 Å². The van der Waals surface area contributed by atoms with Gasteiger partial charge in [-0.1, -0.05) is 42.5 Å². The zero-order valence-corrected chi connectivity index (χ0v) is 16.9. The lowest BCUT2D eigenvalue weighted by Gasteiger charge is -2.12. The smallest absolute Gasteiger partial charge is 0.191 e. The van der Waals surface area contributed by atoms with Gasteiger partial charge in [0.25, 0.3) is 0 Å². The van der Waals surface area contributed by atoms with E-state index < -0.39 is 0 Å². The molecule has 0 aliphatic carbocycles. The molecule has 0 unspecified atom stereocenters. The summed E-state index contributed by atoms with van der Waals surface area (Å²) in [7, 11) is 0. The largest absolute Gasteiger partial charge is 0.380 e. The minimum atomic E-state index is 0. The molecule has 0 fully saturated rings. The fraction of sp³-hybridized carbons (Fsp3) is 0.421. The van der Waals surface area contributed by atoms with Crippen LogP contribution in [0.5, 0.6) is 0 Å². The van der Waals surface area contributed by atoms with E-state index in [-0.39, 0.29) is 24.0 Å². The third-order valence-corrected chi connectivity index (χ3v) is 3.62. The number of guanidine groups is 1. The van der Waals surface area contributed by atoms with Gasteiger partial charge in [-0.05, 0) is 36.6 Å². The van der Waals surface area contributed by atoms with Crippen LogP contribution in [0.3, 0.4) is 0 Å². The van der Waals surface area contributed by atoms with Gasteiger partial charge in [-0.15, -0.1) is 24.0 Å². The third-order valence-electron chi connectivity index (χ3n) is 3.62. The Kier molecular flexibility index (Phi) is 10.4. The molecule has 2 N–H and O–H groups in total. The van der Waals surface area contributed by atoms with Crippen LogP contribution >= 0.6 is 24.0 Å². The topological polar surface area (TPSA) is 45.7 Å². The van der Waals surface area contributed by atoms with Gasteiger partial charge in [-0.2, -0.15) is 0 Å². The van der Waals surface area contributed by atoms with E-state index in [4.69, 9.17) is 4.74 Å². The molecule has 2 aromatic carbocycles. The number of halogens is 1.